The highest BCUT2D eigenvalue weighted by atomic mass is 16.5. The van der Waals surface area contributed by atoms with Gasteiger partial charge in [0.25, 0.3) is 0 Å². The minimum Gasteiger partial charge on any atom is -0.504 e. The molecule has 0 saturated heterocycles. The van der Waals surface area contributed by atoms with Crippen LogP contribution < -0.4 is 4.74 Å². The van der Waals surface area contributed by atoms with Crippen LogP contribution in [0.4, 0.5) is 0 Å². The van der Waals surface area contributed by atoms with Gasteiger partial charge in [0, 0.05) is 6.42 Å². The number of para-hydroxylation sites is 2. The number of phenolic OH excluding ortho intramolecular Hbond substituents is 1. The molecule has 0 heterocycles. The first-order chi connectivity index (χ1) is 8.26. The molecule has 96 valence electrons. The molecule has 0 unspecified atom stereocenters. The van der Waals surface area contributed by atoms with Crippen molar-refractivity contribution in [3.8, 4) is 11.5 Å². The topological polar surface area (TPSA) is 46.5 Å². The number of benzene rings is 1. The Morgan fingerprint density at radius 3 is 2.41 bits per heavy atom. The maximum absolute atomic E-state index is 9.77. The van der Waals surface area contributed by atoms with Crippen molar-refractivity contribution in [3.05, 3.63) is 24.3 Å². The summed E-state index contributed by atoms with van der Waals surface area (Å²) >= 11 is 0. The van der Waals surface area contributed by atoms with Crippen molar-refractivity contribution in [2.24, 2.45) is 0 Å². The molecule has 0 aliphatic rings. The molecule has 17 heavy (non-hydrogen) atoms. The zero-order valence-corrected chi connectivity index (χ0v) is 10.7. The number of phenols is 1. The molecule has 3 heteroatoms. The summed E-state index contributed by atoms with van der Waals surface area (Å²) in [5, 5.41) is 8.99. The van der Waals surface area contributed by atoms with E-state index in [1.54, 1.807) is 24.3 Å². The Labute approximate surface area is 103 Å². The average Bonchev–Trinajstić information content (AvgIpc) is 2.36. The highest BCUT2D eigenvalue weighted by molar-refractivity contribution is 5.48. The smallest absolute Gasteiger partial charge is 0.160 e. The summed E-state index contributed by atoms with van der Waals surface area (Å²) in [4.78, 5) is 9.77. The lowest BCUT2D eigenvalue weighted by atomic mass is 10.2. The van der Waals surface area contributed by atoms with Gasteiger partial charge in [-0.15, -0.1) is 0 Å². The first kappa shape index (κ1) is 15.5. The summed E-state index contributed by atoms with van der Waals surface area (Å²) in [6, 6.07) is 6.84. The number of aldehydes is 1. The molecular formula is C14H22O3. The van der Waals surface area contributed by atoms with Crippen LogP contribution in [0.25, 0.3) is 0 Å². The van der Waals surface area contributed by atoms with E-state index in [-0.39, 0.29) is 5.75 Å². The molecule has 3 nitrogen and oxygen atoms in total. The standard InChI is InChI=1S/C7H8O2.C7H14O/c1-9-7-5-3-2-4-6(7)8;1-2-3-4-5-6-7-8/h2-5,8H,1H3;7H,2-6H2,1H3. The molecule has 1 aromatic carbocycles. The van der Waals surface area contributed by atoms with Crippen molar-refractivity contribution in [3.63, 3.8) is 0 Å². The van der Waals surface area contributed by atoms with Crippen molar-refractivity contribution in [1.29, 1.82) is 0 Å². The summed E-state index contributed by atoms with van der Waals surface area (Å²) in [6.07, 6.45) is 6.56. The Kier molecular flexibility index (Phi) is 10.0. The second-order valence-electron chi connectivity index (χ2n) is 3.69. The van der Waals surface area contributed by atoms with Crippen LogP contribution in [0.3, 0.4) is 0 Å². The number of ether oxygens (including phenoxy) is 1. The van der Waals surface area contributed by atoms with E-state index < -0.39 is 0 Å². The summed E-state index contributed by atoms with van der Waals surface area (Å²) < 4.78 is 4.79. The molecule has 0 aliphatic heterocycles. The van der Waals surface area contributed by atoms with Crippen molar-refractivity contribution >= 4 is 6.29 Å². The van der Waals surface area contributed by atoms with Gasteiger partial charge in [-0.2, -0.15) is 0 Å². The second kappa shape index (κ2) is 11.0. The number of hydrogen-bond acceptors (Lipinski definition) is 3. The number of aromatic hydroxyl groups is 1. The first-order valence-corrected chi connectivity index (χ1v) is 6.01. The predicted octanol–water partition coefficient (Wildman–Crippen LogP) is 3.56. The van der Waals surface area contributed by atoms with Crippen molar-refractivity contribution < 1.29 is 14.6 Å². The van der Waals surface area contributed by atoms with Gasteiger partial charge in [-0.05, 0) is 18.6 Å². The normalized spacial score (nSPS) is 9.06. The fourth-order valence-corrected chi connectivity index (χ4v) is 1.28. The molecule has 1 aromatic rings. The molecule has 0 saturated carbocycles. The zero-order valence-electron chi connectivity index (χ0n) is 10.7. The molecule has 1 rings (SSSR count). The fourth-order valence-electron chi connectivity index (χ4n) is 1.28. The Bertz CT molecular complexity index is 297. The van der Waals surface area contributed by atoms with Gasteiger partial charge in [0.05, 0.1) is 7.11 Å². The van der Waals surface area contributed by atoms with Gasteiger partial charge in [0.1, 0.15) is 6.29 Å². The van der Waals surface area contributed by atoms with E-state index >= 15 is 0 Å². The minimum atomic E-state index is 0.181. The van der Waals surface area contributed by atoms with Gasteiger partial charge in [-0.1, -0.05) is 38.3 Å². The zero-order chi connectivity index (χ0) is 12.9. The Morgan fingerprint density at radius 2 is 1.94 bits per heavy atom. The third-order valence-corrected chi connectivity index (χ3v) is 2.26. The Hall–Kier alpha value is -1.51. The molecule has 0 aliphatic carbocycles. The number of hydrogen-bond donors (Lipinski definition) is 1. The van der Waals surface area contributed by atoms with E-state index in [0.717, 1.165) is 19.1 Å². The molecule has 0 amide bonds. The van der Waals surface area contributed by atoms with Crippen LogP contribution in [-0.4, -0.2) is 18.5 Å². The molecule has 0 bridgehead atoms. The van der Waals surface area contributed by atoms with Gasteiger partial charge in [0.15, 0.2) is 11.5 Å². The van der Waals surface area contributed by atoms with Crippen molar-refractivity contribution in [2.75, 3.05) is 7.11 Å². The van der Waals surface area contributed by atoms with Gasteiger partial charge >= 0.3 is 0 Å². The van der Waals surface area contributed by atoms with Crippen LogP contribution in [0.1, 0.15) is 39.0 Å². The predicted molar refractivity (Wildman–Crippen MR) is 69.5 cm³/mol. The molecule has 0 atom stereocenters. The lowest BCUT2D eigenvalue weighted by molar-refractivity contribution is -0.107. The van der Waals surface area contributed by atoms with Gasteiger partial charge in [-0.3, -0.25) is 0 Å². The monoisotopic (exact) mass is 238 g/mol. The summed E-state index contributed by atoms with van der Waals surface area (Å²) in [5.41, 5.74) is 0. The van der Waals surface area contributed by atoms with Crippen LogP contribution in [0.15, 0.2) is 24.3 Å². The van der Waals surface area contributed by atoms with Crippen molar-refractivity contribution in [1.82, 2.24) is 0 Å². The first-order valence-electron chi connectivity index (χ1n) is 6.01. The third-order valence-electron chi connectivity index (χ3n) is 2.26. The Morgan fingerprint density at radius 1 is 1.24 bits per heavy atom. The van der Waals surface area contributed by atoms with E-state index in [9.17, 15) is 4.79 Å². The number of methoxy groups -OCH3 is 1. The maximum Gasteiger partial charge on any atom is 0.160 e. The summed E-state index contributed by atoms with van der Waals surface area (Å²) in [6.45, 7) is 2.17. The number of carbonyl (C=O) groups is 1. The summed E-state index contributed by atoms with van der Waals surface area (Å²) in [5.74, 6) is 0.692. The summed E-state index contributed by atoms with van der Waals surface area (Å²) in [7, 11) is 1.52. The molecular weight excluding hydrogens is 216 g/mol. The maximum atomic E-state index is 9.77. The molecule has 0 fully saturated rings. The SMILES string of the molecule is CCCCCCC=O.COc1ccccc1O. The van der Waals surface area contributed by atoms with Crippen LogP contribution in [-0.2, 0) is 4.79 Å². The molecule has 0 aromatic heterocycles. The van der Waals surface area contributed by atoms with Crippen LogP contribution in [0, 0.1) is 0 Å². The molecule has 0 spiro atoms. The molecule has 0 radical (unpaired) electrons. The van der Waals surface area contributed by atoms with Crippen LogP contribution >= 0.6 is 0 Å². The van der Waals surface area contributed by atoms with Crippen molar-refractivity contribution in [2.45, 2.75) is 39.0 Å². The van der Waals surface area contributed by atoms with E-state index in [0.29, 0.717) is 5.75 Å². The third kappa shape index (κ3) is 8.31. The van der Waals surface area contributed by atoms with E-state index in [1.165, 1.54) is 26.4 Å². The lowest BCUT2D eigenvalue weighted by Gasteiger charge is -1.99. The minimum absolute atomic E-state index is 0.181. The largest absolute Gasteiger partial charge is 0.504 e. The quantitative estimate of drug-likeness (QED) is 0.609. The lowest BCUT2D eigenvalue weighted by Crippen LogP contribution is -1.80. The van der Waals surface area contributed by atoms with Crippen LogP contribution in [0.5, 0.6) is 11.5 Å². The number of carbonyl (C=O) groups excluding carboxylic acids is 1. The van der Waals surface area contributed by atoms with Crippen LogP contribution in [0.2, 0.25) is 0 Å². The fraction of sp³-hybridized carbons (Fsp3) is 0.500. The van der Waals surface area contributed by atoms with Gasteiger partial charge in [0.2, 0.25) is 0 Å². The van der Waals surface area contributed by atoms with E-state index in [2.05, 4.69) is 6.92 Å². The van der Waals surface area contributed by atoms with Gasteiger partial charge < -0.3 is 14.6 Å². The number of rotatable bonds is 6. The number of unbranched alkanes of at least 4 members (excludes halogenated alkanes) is 4. The van der Waals surface area contributed by atoms with E-state index in [4.69, 9.17) is 9.84 Å². The molecule has 1 N–H and O–H groups in total. The van der Waals surface area contributed by atoms with Gasteiger partial charge in [-0.25, -0.2) is 0 Å². The average molecular weight is 238 g/mol. The second-order valence-corrected chi connectivity index (χ2v) is 3.69. The highest BCUT2D eigenvalue weighted by Gasteiger charge is 1.94. The highest BCUT2D eigenvalue weighted by Crippen LogP contribution is 2.22. The Balaban J connectivity index is 0.000000304. The van der Waals surface area contributed by atoms with E-state index in [1.807, 2.05) is 0 Å².